The predicted octanol–water partition coefficient (Wildman–Crippen LogP) is 0.556. The Morgan fingerprint density at radius 3 is 1.89 bits per heavy atom. The maximum atomic E-state index is 11.9. The highest BCUT2D eigenvalue weighted by Gasteiger charge is 2.23. The average molecular weight is 260 g/mol. The van der Waals surface area contributed by atoms with Crippen LogP contribution in [-0.4, -0.2) is 64.7 Å². The molecule has 0 aromatic carbocycles. The molecule has 0 aliphatic carbocycles. The van der Waals surface area contributed by atoms with Gasteiger partial charge in [0.25, 0.3) is 0 Å². The average Bonchev–Trinajstić information content (AvgIpc) is 2.25. The maximum absolute atomic E-state index is 11.9. The molecule has 7 nitrogen and oxygen atoms in total. The van der Waals surface area contributed by atoms with Crippen molar-refractivity contribution in [1.29, 1.82) is 0 Å². The number of urea groups is 1. The lowest BCUT2D eigenvalue weighted by Crippen LogP contribution is -2.47. The van der Waals surface area contributed by atoms with Gasteiger partial charge in [-0.2, -0.15) is 0 Å². The van der Waals surface area contributed by atoms with E-state index in [1.165, 1.54) is 11.9 Å². The van der Waals surface area contributed by atoms with Gasteiger partial charge in [0, 0.05) is 13.6 Å². The third kappa shape index (κ3) is 6.07. The number of carbonyl (C=O) groups excluding carboxylic acids is 1. The summed E-state index contributed by atoms with van der Waals surface area (Å²) >= 11 is 0. The summed E-state index contributed by atoms with van der Waals surface area (Å²) in [4.78, 5) is 35.2. The van der Waals surface area contributed by atoms with Crippen LogP contribution >= 0.6 is 0 Å². The summed E-state index contributed by atoms with van der Waals surface area (Å²) in [5.41, 5.74) is 0. The minimum atomic E-state index is -1.23. The first-order valence-corrected chi connectivity index (χ1v) is 5.71. The summed E-state index contributed by atoms with van der Waals surface area (Å²) in [5, 5.41) is 17.3. The van der Waals surface area contributed by atoms with E-state index < -0.39 is 31.1 Å². The van der Waals surface area contributed by atoms with Crippen molar-refractivity contribution in [2.24, 2.45) is 5.92 Å². The van der Waals surface area contributed by atoms with Gasteiger partial charge in [0.2, 0.25) is 0 Å². The SMILES string of the molecule is CCC(C)CN(C)C(=O)N(CC(=O)O)CC(=O)O. The molecule has 0 fully saturated rings. The highest BCUT2D eigenvalue weighted by molar-refractivity contribution is 5.84. The number of nitrogens with zero attached hydrogens (tertiary/aromatic N) is 2. The van der Waals surface area contributed by atoms with E-state index >= 15 is 0 Å². The van der Waals surface area contributed by atoms with Crippen LogP contribution in [-0.2, 0) is 9.59 Å². The van der Waals surface area contributed by atoms with Crippen LogP contribution in [0, 0.1) is 5.92 Å². The van der Waals surface area contributed by atoms with Crippen molar-refractivity contribution >= 4 is 18.0 Å². The lowest BCUT2D eigenvalue weighted by atomic mass is 10.1. The molecule has 104 valence electrons. The zero-order valence-corrected chi connectivity index (χ0v) is 10.9. The molecule has 18 heavy (non-hydrogen) atoms. The molecule has 1 atom stereocenters. The predicted molar refractivity (Wildman–Crippen MR) is 64.3 cm³/mol. The Balaban J connectivity index is 4.62. The van der Waals surface area contributed by atoms with Gasteiger partial charge in [0.1, 0.15) is 13.1 Å². The molecular formula is C11H20N2O5. The Labute approximate surface area is 106 Å². The van der Waals surface area contributed by atoms with E-state index in [9.17, 15) is 14.4 Å². The largest absolute Gasteiger partial charge is 0.480 e. The van der Waals surface area contributed by atoms with E-state index in [2.05, 4.69) is 0 Å². The molecule has 0 radical (unpaired) electrons. The highest BCUT2D eigenvalue weighted by Crippen LogP contribution is 2.05. The number of amides is 2. The third-order valence-corrected chi connectivity index (χ3v) is 2.53. The topological polar surface area (TPSA) is 98.2 Å². The van der Waals surface area contributed by atoms with Crippen molar-refractivity contribution < 1.29 is 24.6 Å². The molecule has 0 aliphatic heterocycles. The van der Waals surface area contributed by atoms with Crippen molar-refractivity contribution in [3.63, 3.8) is 0 Å². The molecule has 0 bridgehead atoms. The standard InChI is InChI=1S/C11H20N2O5/c1-4-8(2)5-12(3)11(18)13(6-9(14)15)7-10(16)17/h8H,4-7H2,1-3H3,(H,14,15)(H,16,17). The van der Waals surface area contributed by atoms with Crippen LogP contribution in [0.25, 0.3) is 0 Å². The normalized spacial score (nSPS) is 11.7. The molecule has 1 unspecified atom stereocenters. The van der Waals surface area contributed by atoms with Crippen LogP contribution in [0.15, 0.2) is 0 Å². The fourth-order valence-corrected chi connectivity index (χ4v) is 1.43. The first-order chi connectivity index (χ1) is 8.27. The van der Waals surface area contributed by atoms with Crippen LogP contribution in [0.3, 0.4) is 0 Å². The van der Waals surface area contributed by atoms with E-state index in [0.29, 0.717) is 6.54 Å². The molecule has 0 rings (SSSR count). The molecule has 0 heterocycles. The van der Waals surface area contributed by atoms with Gasteiger partial charge >= 0.3 is 18.0 Å². The van der Waals surface area contributed by atoms with Crippen LogP contribution in [0.2, 0.25) is 0 Å². The molecule has 2 N–H and O–H groups in total. The smallest absolute Gasteiger partial charge is 0.323 e. The van der Waals surface area contributed by atoms with Gasteiger partial charge in [-0.1, -0.05) is 20.3 Å². The lowest BCUT2D eigenvalue weighted by molar-refractivity contribution is -0.140. The first-order valence-electron chi connectivity index (χ1n) is 5.71. The van der Waals surface area contributed by atoms with Gasteiger partial charge in [0.15, 0.2) is 0 Å². The molecular weight excluding hydrogens is 240 g/mol. The fourth-order valence-electron chi connectivity index (χ4n) is 1.43. The Bertz CT molecular complexity index is 303. The fraction of sp³-hybridized carbons (Fsp3) is 0.727. The van der Waals surface area contributed by atoms with Gasteiger partial charge in [-0.3, -0.25) is 9.59 Å². The minimum Gasteiger partial charge on any atom is -0.480 e. The van der Waals surface area contributed by atoms with Crippen molar-refractivity contribution in [1.82, 2.24) is 9.80 Å². The zero-order chi connectivity index (χ0) is 14.3. The van der Waals surface area contributed by atoms with Crippen molar-refractivity contribution in [2.45, 2.75) is 20.3 Å². The second-order valence-electron chi connectivity index (χ2n) is 4.32. The second-order valence-corrected chi connectivity index (χ2v) is 4.32. The van der Waals surface area contributed by atoms with Gasteiger partial charge in [-0.25, -0.2) is 4.79 Å². The minimum absolute atomic E-state index is 0.274. The van der Waals surface area contributed by atoms with Crippen LogP contribution < -0.4 is 0 Å². The number of aliphatic carboxylic acids is 2. The number of carboxylic acids is 2. The first kappa shape index (κ1) is 16.2. The van der Waals surface area contributed by atoms with Gasteiger partial charge < -0.3 is 20.0 Å². The Morgan fingerprint density at radius 1 is 1.11 bits per heavy atom. The molecule has 7 heteroatoms. The van der Waals surface area contributed by atoms with Crippen molar-refractivity contribution in [3.8, 4) is 0 Å². The summed E-state index contributed by atoms with van der Waals surface area (Å²) in [6, 6.07) is -0.583. The Kier molecular flexibility index (Phi) is 6.77. The molecule has 0 aromatic rings. The number of rotatable bonds is 7. The van der Waals surface area contributed by atoms with E-state index in [1.54, 1.807) is 0 Å². The van der Waals surface area contributed by atoms with Crippen LogP contribution in [0.1, 0.15) is 20.3 Å². The summed E-state index contributed by atoms with van der Waals surface area (Å²) < 4.78 is 0. The van der Waals surface area contributed by atoms with E-state index in [-0.39, 0.29) is 5.92 Å². The van der Waals surface area contributed by atoms with E-state index in [0.717, 1.165) is 11.3 Å². The molecule has 0 spiro atoms. The van der Waals surface area contributed by atoms with E-state index in [4.69, 9.17) is 10.2 Å². The molecule has 2 amide bonds. The second kappa shape index (κ2) is 7.52. The number of hydrogen-bond acceptors (Lipinski definition) is 3. The van der Waals surface area contributed by atoms with Crippen molar-refractivity contribution in [2.75, 3.05) is 26.7 Å². The monoisotopic (exact) mass is 260 g/mol. The Hall–Kier alpha value is -1.79. The van der Waals surface area contributed by atoms with Crippen molar-refractivity contribution in [3.05, 3.63) is 0 Å². The van der Waals surface area contributed by atoms with Gasteiger partial charge in [0.05, 0.1) is 0 Å². The summed E-state index contributed by atoms with van der Waals surface area (Å²) in [5.74, 6) is -2.20. The Morgan fingerprint density at radius 2 is 1.56 bits per heavy atom. The number of hydrogen-bond donors (Lipinski definition) is 2. The molecule has 0 saturated carbocycles. The molecule has 0 aliphatic rings. The van der Waals surface area contributed by atoms with Crippen LogP contribution in [0.4, 0.5) is 4.79 Å². The quantitative estimate of drug-likeness (QED) is 0.696. The number of carbonyl (C=O) groups is 3. The van der Waals surface area contributed by atoms with Crippen LogP contribution in [0.5, 0.6) is 0 Å². The molecule has 0 saturated heterocycles. The van der Waals surface area contributed by atoms with E-state index in [1.807, 2.05) is 13.8 Å². The maximum Gasteiger partial charge on any atom is 0.323 e. The highest BCUT2D eigenvalue weighted by atomic mass is 16.4. The third-order valence-electron chi connectivity index (χ3n) is 2.53. The molecule has 0 aromatic heterocycles. The zero-order valence-electron chi connectivity index (χ0n) is 10.9. The summed E-state index contributed by atoms with van der Waals surface area (Å²) in [6.07, 6.45) is 0.884. The number of carboxylic acid groups (broad SMARTS) is 2. The summed E-state index contributed by atoms with van der Waals surface area (Å²) in [7, 11) is 1.53. The van der Waals surface area contributed by atoms with Gasteiger partial charge in [-0.05, 0) is 5.92 Å². The lowest BCUT2D eigenvalue weighted by Gasteiger charge is -2.27. The van der Waals surface area contributed by atoms with Gasteiger partial charge in [-0.15, -0.1) is 0 Å². The summed E-state index contributed by atoms with van der Waals surface area (Å²) in [6.45, 7) is 3.18.